The highest BCUT2D eigenvalue weighted by Gasteiger charge is 2.39. The highest BCUT2D eigenvalue weighted by Crippen LogP contribution is 2.38. The van der Waals surface area contributed by atoms with Gasteiger partial charge in [0.2, 0.25) is 5.91 Å². The molecule has 0 spiro atoms. The number of carbonyl (C=O) groups excluding carboxylic acids is 1. The maximum Gasteiger partial charge on any atom is 0.337 e. The number of anilines is 1. The molecule has 4 nitrogen and oxygen atoms in total. The second kappa shape index (κ2) is 4.16. The monoisotopic (exact) mass is 237 g/mol. The van der Waals surface area contributed by atoms with Crippen LogP contribution in [0.3, 0.4) is 0 Å². The summed E-state index contributed by atoms with van der Waals surface area (Å²) in [5.74, 6) is -1.82. The molecule has 90 valence electrons. The van der Waals surface area contributed by atoms with E-state index in [0.29, 0.717) is 5.92 Å². The SMILES string of the molecule is C[C@H]1C[C@@H]1C(=O)Nc1ccc(F)cc1C(=O)O. The predicted octanol–water partition coefficient (Wildman–Crippen LogP) is 2.12. The minimum Gasteiger partial charge on any atom is -0.478 e. The number of benzene rings is 1. The molecule has 0 bridgehead atoms. The third kappa shape index (κ3) is 2.43. The number of amides is 1. The van der Waals surface area contributed by atoms with Crippen molar-refractivity contribution < 1.29 is 19.1 Å². The van der Waals surface area contributed by atoms with E-state index in [1.54, 1.807) is 0 Å². The summed E-state index contributed by atoms with van der Waals surface area (Å²) < 4.78 is 12.9. The lowest BCUT2D eigenvalue weighted by molar-refractivity contribution is -0.117. The highest BCUT2D eigenvalue weighted by atomic mass is 19.1. The second-order valence-corrected chi connectivity index (χ2v) is 4.30. The molecule has 1 fully saturated rings. The quantitative estimate of drug-likeness (QED) is 0.846. The maximum absolute atomic E-state index is 12.9. The zero-order chi connectivity index (χ0) is 12.6. The summed E-state index contributed by atoms with van der Waals surface area (Å²) in [5, 5.41) is 11.4. The molecular formula is C12H12FNO3. The van der Waals surface area contributed by atoms with Crippen molar-refractivity contribution in [2.24, 2.45) is 11.8 Å². The number of halogens is 1. The van der Waals surface area contributed by atoms with Crippen molar-refractivity contribution in [2.45, 2.75) is 13.3 Å². The van der Waals surface area contributed by atoms with Crippen LogP contribution in [0.1, 0.15) is 23.7 Å². The Morgan fingerprint density at radius 1 is 1.47 bits per heavy atom. The van der Waals surface area contributed by atoms with Gasteiger partial charge >= 0.3 is 5.97 Å². The molecule has 0 unspecified atom stereocenters. The van der Waals surface area contributed by atoms with Crippen molar-refractivity contribution in [3.8, 4) is 0 Å². The minimum atomic E-state index is -1.26. The molecule has 0 aromatic heterocycles. The van der Waals surface area contributed by atoms with E-state index < -0.39 is 11.8 Å². The van der Waals surface area contributed by atoms with Gasteiger partial charge in [-0.3, -0.25) is 4.79 Å². The van der Waals surface area contributed by atoms with Gasteiger partial charge in [-0.1, -0.05) is 6.92 Å². The van der Waals surface area contributed by atoms with Crippen LogP contribution in [0, 0.1) is 17.7 Å². The van der Waals surface area contributed by atoms with Crippen LogP contribution >= 0.6 is 0 Å². The number of carbonyl (C=O) groups is 2. The Hall–Kier alpha value is -1.91. The van der Waals surface area contributed by atoms with E-state index in [1.807, 2.05) is 6.92 Å². The molecule has 1 aromatic rings. The van der Waals surface area contributed by atoms with Gasteiger partial charge in [0.25, 0.3) is 0 Å². The van der Waals surface area contributed by atoms with Crippen molar-refractivity contribution in [3.05, 3.63) is 29.6 Å². The summed E-state index contributed by atoms with van der Waals surface area (Å²) in [6.07, 6.45) is 0.815. The van der Waals surface area contributed by atoms with Gasteiger partial charge < -0.3 is 10.4 Å². The van der Waals surface area contributed by atoms with Gasteiger partial charge in [0.15, 0.2) is 0 Å². The van der Waals surface area contributed by atoms with Crippen molar-refractivity contribution in [3.63, 3.8) is 0 Å². The molecule has 17 heavy (non-hydrogen) atoms. The third-order valence-corrected chi connectivity index (χ3v) is 2.92. The molecule has 1 aliphatic rings. The first-order chi connectivity index (χ1) is 7.99. The van der Waals surface area contributed by atoms with Crippen LogP contribution < -0.4 is 5.32 Å². The van der Waals surface area contributed by atoms with Crippen LogP contribution in [0.5, 0.6) is 0 Å². The summed E-state index contributed by atoms with van der Waals surface area (Å²) in [6, 6.07) is 3.29. The first-order valence-electron chi connectivity index (χ1n) is 5.32. The summed E-state index contributed by atoms with van der Waals surface area (Å²) in [5.41, 5.74) is -0.0883. The fourth-order valence-corrected chi connectivity index (χ4v) is 1.72. The lowest BCUT2D eigenvalue weighted by Crippen LogP contribution is -2.17. The standard InChI is InChI=1S/C12H12FNO3/c1-6-4-8(6)11(15)14-10-3-2-7(13)5-9(10)12(16)17/h2-3,5-6,8H,4H2,1H3,(H,14,15)(H,16,17)/t6-,8-/m0/s1. The number of carboxylic acids is 1. The van der Waals surface area contributed by atoms with Crippen molar-refractivity contribution in [2.75, 3.05) is 5.32 Å². The Morgan fingerprint density at radius 3 is 2.65 bits per heavy atom. The van der Waals surface area contributed by atoms with E-state index in [9.17, 15) is 14.0 Å². The average Bonchev–Trinajstić information content (AvgIpc) is 2.98. The molecule has 2 N–H and O–H groups in total. The van der Waals surface area contributed by atoms with E-state index in [4.69, 9.17) is 5.11 Å². The Kier molecular flexibility index (Phi) is 2.83. The first kappa shape index (κ1) is 11.6. The molecule has 2 rings (SSSR count). The fraction of sp³-hybridized carbons (Fsp3) is 0.333. The number of nitrogens with one attached hydrogen (secondary N) is 1. The predicted molar refractivity (Wildman–Crippen MR) is 59.3 cm³/mol. The Morgan fingerprint density at radius 2 is 2.12 bits per heavy atom. The lowest BCUT2D eigenvalue weighted by Gasteiger charge is -2.08. The summed E-state index contributed by atoms with van der Waals surface area (Å²) >= 11 is 0. The Labute approximate surface area is 97.4 Å². The molecule has 1 aliphatic carbocycles. The van der Waals surface area contributed by atoms with Crippen molar-refractivity contribution in [1.82, 2.24) is 0 Å². The van der Waals surface area contributed by atoms with Gasteiger partial charge in [0.1, 0.15) is 5.82 Å². The molecule has 0 heterocycles. The second-order valence-electron chi connectivity index (χ2n) is 4.30. The van der Waals surface area contributed by atoms with E-state index in [0.717, 1.165) is 18.6 Å². The fourth-order valence-electron chi connectivity index (χ4n) is 1.72. The zero-order valence-electron chi connectivity index (χ0n) is 9.24. The molecule has 1 aromatic carbocycles. The van der Waals surface area contributed by atoms with E-state index in [2.05, 4.69) is 5.32 Å². The third-order valence-electron chi connectivity index (χ3n) is 2.92. The van der Waals surface area contributed by atoms with Gasteiger partial charge in [-0.15, -0.1) is 0 Å². The smallest absolute Gasteiger partial charge is 0.337 e. The summed E-state index contributed by atoms with van der Waals surface area (Å²) in [4.78, 5) is 22.5. The van der Waals surface area contributed by atoms with Crippen molar-refractivity contribution in [1.29, 1.82) is 0 Å². The summed E-state index contributed by atoms with van der Waals surface area (Å²) in [7, 11) is 0. The number of aromatic carboxylic acids is 1. The van der Waals surface area contributed by atoms with E-state index >= 15 is 0 Å². The topological polar surface area (TPSA) is 66.4 Å². The maximum atomic E-state index is 12.9. The molecule has 0 aliphatic heterocycles. The molecule has 5 heteroatoms. The normalized spacial score (nSPS) is 22.0. The number of hydrogen-bond donors (Lipinski definition) is 2. The van der Waals surface area contributed by atoms with Crippen LogP contribution in [-0.2, 0) is 4.79 Å². The molecular weight excluding hydrogens is 225 g/mol. The zero-order valence-corrected chi connectivity index (χ0v) is 9.24. The van der Waals surface area contributed by atoms with Gasteiger partial charge in [-0.2, -0.15) is 0 Å². The lowest BCUT2D eigenvalue weighted by atomic mass is 10.1. The van der Waals surface area contributed by atoms with Crippen LogP contribution in [-0.4, -0.2) is 17.0 Å². The van der Waals surface area contributed by atoms with Gasteiger partial charge in [0, 0.05) is 5.92 Å². The minimum absolute atomic E-state index is 0.0540. The van der Waals surface area contributed by atoms with E-state index in [1.165, 1.54) is 6.07 Å². The van der Waals surface area contributed by atoms with Gasteiger partial charge in [-0.25, -0.2) is 9.18 Å². The van der Waals surface area contributed by atoms with Crippen LogP contribution in [0.2, 0.25) is 0 Å². The molecule has 1 saturated carbocycles. The van der Waals surface area contributed by atoms with Crippen molar-refractivity contribution >= 4 is 17.6 Å². The number of carboxylic acid groups (broad SMARTS) is 1. The average molecular weight is 237 g/mol. The molecule has 0 saturated heterocycles. The van der Waals surface area contributed by atoms with Crippen LogP contribution in [0.25, 0.3) is 0 Å². The number of hydrogen-bond acceptors (Lipinski definition) is 2. The molecule has 2 atom stereocenters. The first-order valence-corrected chi connectivity index (χ1v) is 5.32. The Bertz CT molecular complexity index is 487. The van der Waals surface area contributed by atoms with Gasteiger partial charge in [0.05, 0.1) is 11.3 Å². The number of rotatable bonds is 3. The Balaban J connectivity index is 2.20. The van der Waals surface area contributed by atoms with Gasteiger partial charge in [-0.05, 0) is 30.5 Å². The largest absolute Gasteiger partial charge is 0.478 e. The molecule has 0 radical (unpaired) electrons. The van der Waals surface area contributed by atoms with Crippen LogP contribution in [0.15, 0.2) is 18.2 Å². The van der Waals surface area contributed by atoms with Crippen LogP contribution in [0.4, 0.5) is 10.1 Å². The van der Waals surface area contributed by atoms with E-state index in [-0.39, 0.29) is 23.1 Å². The summed E-state index contributed by atoms with van der Waals surface area (Å²) in [6.45, 7) is 1.95. The highest BCUT2D eigenvalue weighted by molar-refractivity contribution is 6.01. The molecule has 1 amide bonds.